The quantitative estimate of drug-likeness (QED) is 0.753. The highest BCUT2D eigenvalue weighted by molar-refractivity contribution is 8.13. The molecule has 0 aromatic carbocycles. The summed E-state index contributed by atoms with van der Waals surface area (Å²) in [5.41, 5.74) is 0. The predicted octanol–water partition coefficient (Wildman–Crippen LogP) is 0.822. The van der Waals surface area contributed by atoms with Gasteiger partial charge in [-0.2, -0.15) is 0 Å². The second-order valence-electron chi connectivity index (χ2n) is 4.23. The van der Waals surface area contributed by atoms with Crippen LogP contribution in [0.25, 0.3) is 0 Å². The molecule has 1 aromatic rings. The first kappa shape index (κ1) is 13.4. The summed E-state index contributed by atoms with van der Waals surface area (Å²) in [5, 5.41) is -0.230. The van der Waals surface area contributed by atoms with E-state index in [4.69, 9.17) is 10.7 Å². The number of aromatic nitrogens is 2. The molecule has 0 unspecified atom stereocenters. The van der Waals surface area contributed by atoms with Gasteiger partial charge in [0.2, 0.25) is 5.91 Å². The summed E-state index contributed by atoms with van der Waals surface area (Å²) in [6, 6.07) is 0.349. The van der Waals surface area contributed by atoms with Crippen molar-refractivity contribution in [2.24, 2.45) is 0 Å². The summed E-state index contributed by atoms with van der Waals surface area (Å²) in [4.78, 5) is 17.4. The van der Waals surface area contributed by atoms with E-state index < -0.39 is 9.05 Å². The maximum Gasteiger partial charge on any atom is 0.280 e. The Bertz CT molecular complexity index is 550. The Morgan fingerprint density at radius 1 is 1.61 bits per heavy atom. The minimum Gasteiger partial charge on any atom is -0.338 e. The summed E-state index contributed by atoms with van der Waals surface area (Å²) in [7, 11) is 1.33. The van der Waals surface area contributed by atoms with Crippen LogP contribution in [0.2, 0.25) is 0 Å². The van der Waals surface area contributed by atoms with E-state index in [9.17, 15) is 13.2 Å². The molecule has 0 spiro atoms. The molecule has 1 amide bonds. The first-order valence-electron chi connectivity index (χ1n) is 5.67. The molecule has 1 saturated carbocycles. The molecule has 1 aliphatic carbocycles. The monoisotopic (exact) mass is 291 g/mol. The summed E-state index contributed by atoms with van der Waals surface area (Å²) in [6.45, 7) is 2.68. The fourth-order valence-electron chi connectivity index (χ4n) is 1.82. The van der Waals surface area contributed by atoms with Crippen molar-refractivity contribution in [1.29, 1.82) is 0 Å². The van der Waals surface area contributed by atoms with E-state index >= 15 is 0 Å². The normalized spacial score (nSPS) is 15.7. The van der Waals surface area contributed by atoms with E-state index in [1.54, 1.807) is 4.90 Å². The molecule has 1 fully saturated rings. The number of hydrogen-bond donors (Lipinski definition) is 0. The molecule has 1 heterocycles. The number of imidazole rings is 1. The Hall–Kier alpha value is -1.08. The van der Waals surface area contributed by atoms with E-state index in [-0.39, 0.29) is 17.5 Å². The van der Waals surface area contributed by atoms with Crippen molar-refractivity contribution in [3.8, 4) is 0 Å². The van der Waals surface area contributed by atoms with E-state index in [1.807, 2.05) is 6.92 Å². The van der Waals surface area contributed by atoms with E-state index in [0.717, 1.165) is 12.8 Å². The number of carbonyl (C=O) groups is 1. The second-order valence-corrected chi connectivity index (χ2v) is 6.75. The maximum atomic E-state index is 12.0. The number of nitrogens with zero attached hydrogens (tertiary/aromatic N) is 3. The van der Waals surface area contributed by atoms with Gasteiger partial charge in [-0.15, -0.1) is 0 Å². The van der Waals surface area contributed by atoms with Crippen molar-refractivity contribution >= 4 is 25.6 Å². The molecule has 0 N–H and O–H groups in total. The smallest absolute Gasteiger partial charge is 0.280 e. The Balaban J connectivity index is 2.05. The summed E-state index contributed by atoms with van der Waals surface area (Å²) < 4.78 is 23.5. The first-order valence-corrected chi connectivity index (χ1v) is 7.98. The van der Waals surface area contributed by atoms with Crippen LogP contribution in [0.3, 0.4) is 0 Å². The van der Waals surface area contributed by atoms with Crippen LogP contribution in [0.4, 0.5) is 0 Å². The molecule has 8 heteroatoms. The third kappa shape index (κ3) is 3.02. The molecule has 1 aromatic heterocycles. The molecule has 2 rings (SSSR count). The fourth-order valence-corrected chi connectivity index (χ4v) is 2.50. The standard InChI is InChI=1S/C10H14ClN3O3S/c1-2-14(8-3-4-8)10(15)6-13-5-9(12-7-13)18(11,16)17/h5,7-8H,2-4,6H2,1H3. The predicted molar refractivity (Wildman–Crippen MR) is 65.7 cm³/mol. The van der Waals surface area contributed by atoms with Gasteiger partial charge in [0.05, 0.1) is 6.33 Å². The lowest BCUT2D eigenvalue weighted by molar-refractivity contribution is -0.132. The van der Waals surface area contributed by atoms with Gasteiger partial charge in [-0.3, -0.25) is 4.79 Å². The zero-order valence-electron chi connectivity index (χ0n) is 9.91. The van der Waals surface area contributed by atoms with Gasteiger partial charge in [-0.05, 0) is 19.8 Å². The lowest BCUT2D eigenvalue weighted by atomic mass is 10.4. The molecule has 1 aliphatic rings. The molecular weight excluding hydrogens is 278 g/mol. The Morgan fingerprint density at radius 2 is 2.28 bits per heavy atom. The van der Waals surface area contributed by atoms with Crippen LogP contribution >= 0.6 is 10.7 Å². The van der Waals surface area contributed by atoms with Gasteiger partial charge in [0.25, 0.3) is 9.05 Å². The lowest BCUT2D eigenvalue weighted by Crippen LogP contribution is -2.35. The second kappa shape index (κ2) is 4.89. The van der Waals surface area contributed by atoms with Crippen molar-refractivity contribution in [2.45, 2.75) is 37.4 Å². The Labute approximate surface area is 110 Å². The van der Waals surface area contributed by atoms with Gasteiger partial charge in [0.15, 0.2) is 5.03 Å². The third-order valence-corrected chi connectivity index (χ3v) is 4.01. The molecule has 18 heavy (non-hydrogen) atoms. The van der Waals surface area contributed by atoms with E-state index in [1.165, 1.54) is 17.1 Å². The number of amides is 1. The van der Waals surface area contributed by atoms with Crippen LogP contribution < -0.4 is 0 Å². The summed E-state index contributed by atoms with van der Waals surface area (Å²) in [5.74, 6) is -0.0316. The number of halogens is 1. The number of carbonyl (C=O) groups excluding carboxylic acids is 1. The molecule has 0 bridgehead atoms. The Kier molecular flexibility index (Phi) is 3.63. The van der Waals surface area contributed by atoms with E-state index in [0.29, 0.717) is 12.6 Å². The van der Waals surface area contributed by atoms with Crippen molar-refractivity contribution in [2.75, 3.05) is 6.54 Å². The molecule has 0 saturated heterocycles. The van der Waals surface area contributed by atoms with Crippen molar-refractivity contribution in [3.05, 3.63) is 12.5 Å². The van der Waals surface area contributed by atoms with E-state index in [2.05, 4.69) is 4.98 Å². The maximum absolute atomic E-state index is 12.0. The minimum atomic E-state index is -3.83. The summed E-state index contributed by atoms with van der Waals surface area (Å²) in [6.07, 6.45) is 4.66. The fraction of sp³-hybridized carbons (Fsp3) is 0.600. The van der Waals surface area contributed by atoms with Crippen LogP contribution in [0.5, 0.6) is 0 Å². The highest BCUT2D eigenvalue weighted by Crippen LogP contribution is 2.26. The van der Waals surface area contributed by atoms with Gasteiger partial charge in [0, 0.05) is 29.5 Å². The van der Waals surface area contributed by atoms with Crippen LogP contribution in [0.1, 0.15) is 19.8 Å². The topological polar surface area (TPSA) is 72.3 Å². The van der Waals surface area contributed by atoms with Gasteiger partial charge in [-0.1, -0.05) is 0 Å². The van der Waals surface area contributed by atoms with Crippen LogP contribution in [-0.2, 0) is 20.4 Å². The zero-order chi connectivity index (χ0) is 13.3. The minimum absolute atomic E-state index is 0.0316. The Morgan fingerprint density at radius 3 is 2.72 bits per heavy atom. The SMILES string of the molecule is CCN(C(=O)Cn1cnc(S(=O)(=O)Cl)c1)C1CC1. The highest BCUT2D eigenvalue weighted by atomic mass is 35.7. The number of hydrogen-bond acceptors (Lipinski definition) is 4. The van der Waals surface area contributed by atoms with Crippen molar-refractivity contribution < 1.29 is 13.2 Å². The third-order valence-electron chi connectivity index (χ3n) is 2.83. The van der Waals surface area contributed by atoms with Gasteiger partial charge in [0.1, 0.15) is 6.54 Å². The van der Waals surface area contributed by atoms with Crippen LogP contribution in [0.15, 0.2) is 17.6 Å². The number of rotatable bonds is 5. The first-order chi connectivity index (χ1) is 8.41. The average molecular weight is 292 g/mol. The van der Waals surface area contributed by atoms with Crippen molar-refractivity contribution in [1.82, 2.24) is 14.5 Å². The molecular formula is C10H14ClN3O3S. The van der Waals surface area contributed by atoms with Crippen molar-refractivity contribution in [3.63, 3.8) is 0 Å². The molecule has 0 radical (unpaired) electrons. The van der Waals surface area contributed by atoms with Gasteiger partial charge < -0.3 is 9.47 Å². The molecule has 0 aliphatic heterocycles. The van der Waals surface area contributed by atoms with Gasteiger partial charge >= 0.3 is 0 Å². The molecule has 0 atom stereocenters. The lowest BCUT2D eigenvalue weighted by Gasteiger charge is -2.20. The highest BCUT2D eigenvalue weighted by Gasteiger charge is 2.31. The molecule has 6 nitrogen and oxygen atoms in total. The van der Waals surface area contributed by atoms with Crippen LogP contribution in [-0.4, -0.2) is 41.4 Å². The number of likely N-dealkylation sites (N-methyl/N-ethyl adjacent to an activating group) is 1. The average Bonchev–Trinajstić information content (AvgIpc) is 2.97. The summed E-state index contributed by atoms with van der Waals surface area (Å²) >= 11 is 0. The zero-order valence-corrected chi connectivity index (χ0v) is 11.5. The molecule has 100 valence electrons. The van der Waals surface area contributed by atoms with Crippen LogP contribution in [0, 0.1) is 0 Å². The van der Waals surface area contributed by atoms with Gasteiger partial charge in [-0.25, -0.2) is 13.4 Å². The largest absolute Gasteiger partial charge is 0.338 e.